The lowest BCUT2D eigenvalue weighted by Crippen LogP contribution is -2.09. The minimum atomic E-state index is 0.00333. The Labute approximate surface area is 214 Å². The summed E-state index contributed by atoms with van der Waals surface area (Å²) in [4.78, 5) is 18.5. The van der Waals surface area contributed by atoms with Crippen LogP contribution in [-0.2, 0) is 6.54 Å². The van der Waals surface area contributed by atoms with Gasteiger partial charge in [-0.05, 0) is 45.9 Å². The quantitative estimate of drug-likeness (QED) is 0.256. The van der Waals surface area contributed by atoms with Gasteiger partial charge >= 0.3 is 0 Å². The van der Waals surface area contributed by atoms with Crippen molar-refractivity contribution in [1.29, 1.82) is 0 Å². The van der Waals surface area contributed by atoms with Gasteiger partial charge in [0.15, 0.2) is 17.3 Å². The molecule has 3 aromatic heterocycles. The van der Waals surface area contributed by atoms with Gasteiger partial charge < -0.3 is 19.4 Å². The molecule has 5 aromatic rings. The molecule has 184 valence electrons. The van der Waals surface area contributed by atoms with Crippen LogP contribution in [0, 0.1) is 6.92 Å². The van der Waals surface area contributed by atoms with E-state index in [9.17, 15) is 0 Å². The lowest BCUT2D eigenvalue weighted by molar-refractivity contribution is 0.224. The number of hydrogen-bond acceptors (Lipinski definition) is 8. The van der Waals surface area contributed by atoms with Gasteiger partial charge in [-0.1, -0.05) is 12.1 Å². The monoisotopic (exact) mass is 500 g/mol. The van der Waals surface area contributed by atoms with E-state index in [-0.39, 0.29) is 6.10 Å². The summed E-state index contributed by atoms with van der Waals surface area (Å²) in [6.45, 7) is 8.98. The number of anilines is 2. The zero-order valence-corrected chi connectivity index (χ0v) is 21.5. The molecule has 0 unspecified atom stereocenters. The Morgan fingerprint density at radius 3 is 2.69 bits per heavy atom. The predicted molar refractivity (Wildman–Crippen MR) is 143 cm³/mol. The highest BCUT2D eigenvalue weighted by Crippen LogP contribution is 2.36. The second-order valence-corrected chi connectivity index (χ2v) is 9.66. The molecule has 36 heavy (non-hydrogen) atoms. The maximum absolute atomic E-state index is 6.05. The third kappa shape index (κ3) is 5.31. The van der Waals surface area contributed by atoms with Crippen LogP contribution in [0.25, 0.3) is 22.2 Å². The Morgan fingerprint density at radius 1 is 1.08 bits per heavy atom. The molecule has 5 rings (SSSR count). The van der Waals surface area contributed by atoms with E-state index in [1.807, 2.05) is 62.7 Å². The molecule has 1 N–H and O–H groups in total. The van der Waals surface area contributed by atoms with Crippen molar-refractivity contribution in [3.63, 3.8) is 0 Å². The molecule has 0 saturated heterocycles. The first-order chi connectivity index (χ1) is 17.5. The Hall–Kier alpha value is -3.98. The zero-order chi connectivity index (χ0) is 25.1. The van der Waals surface area contributed by atoms with Gasteiger partial charge in [0, 0.05) is 40.5 Å². The maximum Gasteiger partial charge on any atom is 0.163 e. The van der Waals surface area contributed by atoms with Crippen molar-refractivity contribution < 1.29 is 9.47 Å². The Balaban J connectivity index is 1.60. The van der Waals surface area contributed by atoms with Crippen molar-refractivity contribution in [3.8, 4) is 22.8 Å². The van der Waals surface area contributed by atoms with E-state index in [4.69, 9.17) is 19.4 Å². The minimum absolute atomic E-state index is 0.00333. The largest absolute Gasteiger partial charge is 0.490 e. The van der Waals surface area contributed by atoms with Crippen LogP contribution in [0.4, 0.5) is 11.5 Å². The molecule has 9 heteroatoms. The average Bonchev–Trinajstić information content (AvgIpc) is 3.52. The van der Waals surface area contributed by atoms with E-state index >= 15 is 0 Å². The molecule has 0 fully saturated rings. The lowest BCUT2D eigenvalue weighted by Gasteiger charge is -2.17. The molecule has 0 radical (unpaired) electrons. The van der Waals surface area contributed by atoms with Gasteiger partial charge in [0.1, 0.15) is 5.82 Å². The molecule has 0 saturated carbocycles. The third-order valence-corrected chi connectivity index (χ3v) is 6.17. The fourth-order valence-electron chi connectivity index (χ4n) is 3.90. The summed E-state index contributed by atoms with van der Waals surface area (Å²) >= 11 is 1.64. The Morgan fingerprint density at radius 2 is 1.97 bits per heavy atom. The molecule has 0 aliphatic carbocycles. The van der Waals surface area contributed by atoms with Crippen LogP contribution in [0.5, 0.6) is 11.5 Å². The molecule has 3 heterocycles. The molecule has 8 nitrogen and oxygen atoms in total. The van der Waals surface area contributed by atoms with Crippen molar-refractivity contribution in [2.75, 3.05) is 11.9 Å². The number of aryl methyl sites for hydroxylation is 1. The maximum atomic E-state index is 6.05. The van der Waals surface area contributed by atoms with Crippen LogP contribution >= 0.6 is 11.3 Å². The van der Waals surface area contributed by atoms with E-state index < -0.39 is 0 Å². The van der Waals surface area contributed by atoms with Crippen molar-refractivity contribution >= 4 is 33.7 Å². The number of nitrogens with one attached hydrogen (secondary N) is 1. The average molecular weight is 501 g/mol. The molecule has 0 bridgehead atoms. The first kappa shape index (κ1) is 23.7. The van der Waals surface area contributed by atoms with Crippen LogP contribution in [-0.4, -0.2) is 37.2 Å². The number of rotatable bonds is 9. The molecule has 2 aromatic carbocycles. The Kier molecular flexibility index (Phi) is 6.81. The predicted octanol–water partition coefficient (Wildman–Crippen LogP) is 6.24. The SMILES string of the molecule is CCOc1cc2c(Nc3cccc(-c4csc(C)n4)c3)nc(Cn3ccnc3)nc2cc1OC(C)C. The zero-order valence-electron chi connectivity index (χ0n) is 20.7. The lowest BCUT2D eigenvalue weighted by atomic mass is 10.1. The van der Waals surface area contributed by atoms with Gasteiger partial charge in [-0.3, -0.25) is 0 Å². The second-order valence-electron chi connectivity index (χ2n) is 8.60. The number of benzene rings is 2. The van der Waals surface area contributed by atoms with Crippen LogP contribution in [0.3, 0.4) is 0 Å². The van der Waals surface area contributed by atoms with Crippen molar-refractivity contribution in [2.45, 2.75) is 40.3 Å². The van der Waals surface area contributed by atoms with Crippen LogP contribution in [0.1, 0.15) is 31.6 Å². The van der Waals surface area contributed by atoms with E-state index in [1.54, 1.807) is 23.9 Å². The van der Waals surface area contributed by atoms with Gasteiger partial charge in [0.25, 0.3) is 0 Å². The number of nitrogens with zero attached hydrogens (tertiary/aromatic N) is 5. The molecule has 0 atom stereocenters. The highest BCUT2D eigenvalue weighted by molar-refractivity contribution is 7.09. The number of imidazole rings is 1. The smallest absolute Gasteiger partial charge is 0.163 e. The van der Waals surface area contributed by atoms with Gasteiger partial charge in [0.2, 0.25) is 0 Å². The number of aromatic nitrogens is 5. The first-order valence-corrected chi connectivity index (χ1v) is 12.8. The molecule has 0 aliphatic rings. The Bertz CT molecular complexity index is 1480. The molecule has 0 spiro atoms. The number of fused-ring (bicyclic) bond motifs is 1. The van der Waals surface area contributed by atoms with Crippen LogP contribution < -0.4 is 14.8 Å². The summed E-state index contributed by atoms with van der Waals surface area (Å²) in [5, 5.41) is 7.47. The summed E-state index contributed by atoms with van der Waals surface area (Å²) in [7, 11) is 0. The summed E-state index contributed by atoms with van der Waals surface area (Å²) in [5.74, 6) is 2.69. The fraction of sp³-hybridized carbons (Fsp3) is 0.259. The number of thiazole rings is 1. The van der Waals surface area contributed by atoms with Gasteiger partial charge in [-0.2, -0.15) is 0 Å². The summed E-state index contributed by atoms with van der Waals surface area (Å²) in [5.41, 5.74) is 3.69. The fourth-order valence-corrected chi connectivity index (χ4v) is 4.52. The van der Waals surface area contributed by atoms with E-state index in [1.165, 1.54) is 0 Å². The summed E-state index contributed by atoms with van der Waals surface area (Å²) in [6, 6.07) is 12.1. The van der Waals surface area contributed by atoms with Gasteiger partial charge in [-0.15, -0.1) is 11.3 Å². The van der Waals surface area contributed by atoms with E-state index in [0.717, 1.165) is 32.9 Å². The minimum Gasteiger partial charge on any atom is -0.490 e. The van der Waals surface area contributed by atoms with E-state index in [0.29, 0.717) is 36.3 Å². The second kappa shape index (κ2) is 10.3. The van der Waals surface area contributed by atoms with Gasteiger partial charge in [0.05, 0.1) is 41.8 Å². The van der Waals surface area contributed by atoms with Crippen molar-refractivity contribution in [1.82, 2.24) is 24.5 Å². The molecular formula is C27H28N6O2S. The summed E-state index contributed by atoms with van der Waals surface area (Å²) < 4.78 is 13.9. The molecular weight excluding hydrogens is 472 g/mol. The standard InChI is InChI=1S/C27H28N6O2S/c1-5-34-24-12-21-22(13-25(24)35-17(2)3)31-26(14-33-10-9-28-16-33)32-27(21)30-20-8-6-7-19(11-20)23-15-36-18(4)29-23/h6-13,15-17H,5,14H2,1-4H3,(H,30,31,32). The van der Waals surface area contributed by atoms with Crippen molar-refractivity contribution in [3.05, 3.63) is 71.3 Å². The topological polar surface area (TPSA) is 87.0 Å². The molecule has 0 aliphatic heterocycles. The molecule has 0 amide bonds. The van der Waals surface area contributed by atoms with Crippen molar-refractivity contribution in [2.24, 2.45) is 0 Å². The van der Waals surface area contributed by atoms with Gasteiger partial charge in [-0.25, -0.2) is 19.9 Å². The van der Waals surface area contributed by atoms with E-state index in [2.05, 4.69) is 32.8 Å². The highest BCUT2D eigenvalue weighted by atomic mass is 32.1. The van der Waals surface area contributed by atoms with Crippen LogP contribution in [0.15, 0.2) is 60.5 Å². The third-order valence-electron chi connectivity index (χ3n) is 5.39. The first-order valence-electron chi connectivity index (χ1n) is 11.9. The number of ether oxygens (including phenoxy) is 2. The summed E-state index contributed by atoms with van der Waals surface area (Å²) in [6.07, 6.45) is 5.40. The highest BCUT2D eigenvalue weighted by Gasteiger charge is 2.16. The normalized spacial score (nSPS) is 11.2. The number of hydrogen-bond donors (Lipinski definition) is 1. The van der Waals surface area contributed by atoms with Crippen LogP contribution in [0.2, 0.25) is 0 Å².